The summed E-state index contributed by atoms with van der Waals surface area (Å²) in [6.07, 6.45) is 62.7. The molecular formula is C46H96IP. The zero-order valence-electron chi connectivity index (χ0n) is 34.5. The van der Waals surface area contributed by atoms with E-state index < -0.39 is 4.25 Å². The second kappa shape index (κ2) is 37.9. The molecule has 48 heavy (non-hydrogen) atoms. The van der Waals surface area contributed by atoms with Crippen molar-refractivity contribution in [3.8, 4) is 0 Å². The fraction of sp³-hybridized carbons (Fsp3) is 1.00. The Morgan fingerprint density at radius 2 is 0.333 bits per heavy atom. The van der Waals surface area contributed by atoms with Gasteiger partial charge in [-0.05, 0) is 0 Å². The van der Waals surface area contributed by atoms with Crippen LogP contribution in [-0.2, 0) is 0 Å². The zero-order valence-corrected chi connectivity index (χ0v) is 37.6. The van der Waals surface area contributed by atoms with Gasteiger partial charge in [-0.2, -0.15) is 0 Å². The van der Waals surface area contributed by atoms with Crippen molar-refractivity contribution < 1.29 is 0 Å². The molecule has 0 heterocycles. The Morgan fingerprint density at radius 1 is 0.208 bits per heavy atom. The summed E-state index contributed by atoms with van der Waals surface area (Å²) < 4.78 is -1.61. The molecule has 0 atom stereocenters. The molecule has 0 N–H and O–H groups in total. The second-order valence-corrected chi connectivity index (χ2v) is 30.4. The van der Waals surface area contributed by atoms with Crippen LogP contribution in [0.15, 0.2) is 0 Å². The standard InChI is InChI=1S/C46H96IP/c1-5-9-13-15-17-19-21-23-25-27-29-31-33-35-37-41-45-48(47,43-39-11-7-3,44-40-12-8-4)46-42-38-36-34-32-30-28-26-24-22-20-18-16-14-10-6-2/h5-46H2,1-4H3. The van der Waals surface area contributed by atoms with Crippen LogP contribution in [0.3, 0.4) is 0 Å². The molecule has 2 heteroatoms. The summed E-state index contributed by atoms with van der Waals surface area (Å²) in [7, 11) is 0. The Bertz CT molecular complexity index is 553. The molecule has 0 saturated carbocycles. The molecule has 0 radical (unpaired) electrons. The van der Waals surface area contributed by atoms with Crippen molar-refractivity contribution in [1.29, 1.82) is 0 Å². The van der Waals surface area contributed by atoms with E-state index in [2.05, 4.69) is 49.7 Å². The molecule has 0 rings (SSSR count). The third kappa shape index (κ3) is 33.0. The topological polar surface area (TPSA) is 0 Å². The van der Waals surface area contributed by atoms with Gasteiger partial charge >= 0.3 is 245 Å². The van der Waals surface area contributed by atoms with Gasteiger partial charge in [0.1, 0.15) is 0 Å². The molecule has 0 aliphatic rings. The van der Waals surface area contributed by atoms with E-state index in [0.717, 1.165) is 0 Å². The van der Waals surface area contributed by atoms with Crippen LogP contribution in [-0.4, -0.2) is 24.6 Å². The monoisotopic (exact) mass is 807 g/mol. The number of unbranched alkanes of at least 4 members (excludes halogenated alkanes) is 34. The van der Waals surface area contributed by atoms with Gasteiger partial charge in [0.2, 0.25) is 0 Å². The fourth-order valence-corrected chi connectivity index (χ4v) is 17.8. The van der Waals surface area contributed by atoms with Crippen LogP contribution in [0, 0.1) is 0 Å². The van der Waals surface area contributed by atoms with E-state index in [1.165, 1.54) is 244 Å². The third-order valence-corrected chi connectivity index (χ3v) is 23.3. The minimum absolute atomic E-state index is 1.37. The predicted molar refractivity (Wildman–Crippen MR) is 239 cm³/mol. The Labute approximate surface area is 320 Å². The van der Waals surface area contributed by atoms with Crippen molar-refractivity contribution in [1.82, 2.24) is 0 Å². The van der Waals surface area contributed by atoms with Gasteiger partial charge in [0.25, 0.3) is 0 Å². The summed E-state index contributed by atoms with van der Waals surface area (Å²) in [6, 6.07) is 0. The molecule has 0 nitrogen and oxygen atoms in total. The summed E-state index contributed by atoms with van der Waals surface area (Å²) >= 11 is 3.22. The summed E-state index contributed by atoms with van der Waals surface area (Å²) in [5, 5.41) is 0. The summed E-state index contributed by atoms with van der Waals surface area (Å²) in [5.41, 5.74) is 0. The number of hydrogen-bond acceptors (Lipinski definition) is 0. The van der Waals surface area contributed by atoms with E-state index in [-0.39, 0.29) is 0 Å². The average Bonchev–Trinajstić information content (AvgIpc) is 3.08. The van der Waals surface area contributed by atoms with Gasteiger partial charge in [-0.15, -0.1) is 0 Å². The van der Waals surface area contributed by atoms with Crippen LogP contribution in [0.1, 0.15) is 272 Å². The molecule has 0 aromatic rings. The van der Waals surface area contributed by atoms with Gasteiger partial charge in [0.15, 0.2) is 0 Å². The van der Waals surface area contributed by atoms with E-state index in [4.69, 9.17) is 0 Å². The zero-order chi connectivity index (χ0) is 35.1. The Balaban J connectivity index is 4.25. The number of rotatable bonds is 42. The summed E-state index contributed by atoms with van der Waals surface area (Å²) in [4.78, 5) is 0. The van der Waals surface area contributed by atoms with Gasteiger partial charge < -0.3 is 0 Å². The molecule has 0 spiro atoms. The normalized spacial score (nSPS) is 12.9. The first-order valence-electron chi connectivity index (χ1n) is 23.3. The minimum atomic E-state index is -1.61. The van der Waals surface area contributed by atoms with Crippen LogP contribution < -0.4 is 0 Å². The van der Waals surface area contributed by atoms with Crippen LogP contribution in [0.5, 0.6) is 0 Å². The first-order valence-corrected chi connectivity index (χ1v) is 29.0. The predicted octanol–water partition coefficient (Wildman–Crippen LogP) is 18.8. The van der Waals surface area contributed by atoms with Gasteiger partial charge in [-0.1, -0.05) is 78.1 Å². The van der Waals surface area contributed by atoms with Crippen molar-refractivity contribution in [2.45, 2.75) is 272 Å². The second-order valence-electron chi connectivity index (χ2n) is 16.7. The van der Waals surface area contributed by atoms with Crippen molar-refractivity contribution in [2.75, 3.05) is 24.6 Å². The third-order valence-electron chi connectivity index (χ3n) is 11.8. The van der Waals surface area contributed by atoms with Gasteiger partial charge in [0, 0.05) is 0 Å². The smallest absolute Gasteiger partial charge is 0.0654 e. The van der Waals surface area contributed by atoms with Crippen molar-refractivity contribution >= 4 is 26.3 Å². The molecule has 0 aliphatic carbocycles. The molecular weight excluding hydrogens is 710 g/mol. The van der Waals surface area contributed by atoms with E-state index >= 15 is 0 Å². The molecule has 0 aromatic carbocycles. The maximum atomic E-state index is 3.22. The molecule has 0 aliphatic heterocycles. The number of halogens is 1. The van der Waals surface area contributed by atoms with Gasteiger partial charge in [-0.3, -0.25) is 0 Å². The van der Waals surface area contributed by atoms with Crippen LogP contribution >= 0.6 is 26.3 Å². The molecule has 0 saturated heterocycles. The quantitative estimate of drug-likeness (QED) is 0.0327. The molecule has 292 valence electrons. The fourth-order valence-electron chi connectivity index (χ4n) is 8.29. The molecule has 0 amide bonds. The first kappa shape index (κ1) is 49.2. The molecule has 0 bridgehead atoms. The molecule has 0 fully saturated rings. The van der Waals surface area contributed by atoms with Gasteiger partial charge in [0.05, 0.1) is 0 Å². The van der Waals surface area contributed by atoms with Crippen molar-refractivity contribution in [3.63, 3.8) is 0 Å². The SMILES string of the molecule is CCCCCCCCCCCCCCCCCCP(I)(CCCCC)(CCCCC)CCCCCCCCCCCCCCCCCC. The van der Waals surface area contributed by atoms with Crippen LogP contribution in [0.4, 0.5) is 0 Å². The summed E-state index contributed by atoms with van der Waals surface area (Å²) in [6.45, 7) is 9.45. The van der Waals surface area contributed by atoms with E-state index in [1.54, 1.807) is 24.6 Å². The van der Waals surface area contributed by atoms with E-state index in [0.29, 0.717) is 0 Å². The first-order chi connectivity index (χ1) is 23.5. The van der Waals surface area contributed by atoms with Crippen LogP contribution in [0.2, 0.25) is 0 Å². The van der Waals surface area contributed by atoms with Crippen molar-refractivity contribution in [2.24, 2.45) is 0 Å². The summed E-state index contributed by atoms with van der Waals surface area (Å²) in [5.74, 6) is 0. The molecule has 0 unspecified atom stereocenters. The van der Waals surface area contributed by atoms with Gasteiger partial charge in [-0.25, -0.2) is 0 Å². The Kier molecular flexibility index (Phi) is 38.8. The minimum Gasteiger partial charge on any atom is -0.0654 e. The Hall–Kier alpha value is 1.16. The number of hydrogen-bond donors (Lipinski definition) is 0. The van der Waals surface area contributed by atoms with E-state index in [1.807, 2.05) is 0 Å². The maximum absolute atomic E-state index is 3.22. The average molecular weight is 807 g/mol. The molecule has 0 aromatic heterocycles. The Morgan fingerprint density at radius 3 is 0.521 bits per heavy atom. The van der Waals surface area contributed by atoms with Crippen molar-refractivity contribution in [3.05, 3.63) is 0 Å². The van der Waals surface area contributed by atoms with E-state index in [9.17, 15) is 0 Å². The van der Waals surface area contributed by atoms with Crippen LogP contribution in [0.25, 0.3) is 0 Å².